The van der Waals surface area contributed by atoms with Gasteiger partial charge in [0.15, 0.2) is 6.10 Å². The zero-order chi connectivity index (χ0) is 38.3. The van der Waals surface area contributed by atoms with Gasteiger partial charge in [0, 0.05) is 19.3 Å². The van der Waals surface area contributed by atoms with Crippen LogP contribution in [0.25, 0.3) is 0 Å². The molecule has 308 valence electrons. The minimum Gasteiger partial charge on any atom is -0.462 e. The zero-order valence-electron chi connectivity index (χ0n) is 35.4. The topological polar surface area (TPSA) is 78.9 Å². The molecule has 0 rings (SSSR count). The van der Waals surface area contributed by atoms with Crippen LogP contribution in [0.3, 0.4) is 0 Å². The van der Waals surface area contributed by atoms with Crippen molar-refractivity contribution in [2.24, 2.45) is 11.8 Å². The molecular formula is C46H88O6. The first-order chi connectivity index (χ1) is 25.2. The van der Waals surface area contributed by atoms with E-state index < -0.39 is 6.10 Å². The quantitative estimate of drug-likeness (QED) is 0.0354. The lowest BCUT2D eigenvalue weighted by Gasteiger charge is -2.18. The van der Waals surface area contributed by atoms with Crippen LogP contribution in [-0.4, -0.2) is 37.2 Å². The van der Waals surface area contributed by atoms with E-state index in [4.69, 9.17) is 14.2 Å². The molecule has 52 heavy (non-hydrogen) atoms. The van der Waals surface area contributed by atoms with E-state index >= 15 is 0 Å². The van der Waals surface area contributed by atoms with Crippen LogP contribution in [0.4, 0.5) is 0 Å². The van der Waals surface area contributed by atoms with Gasteiger partial charge >= 0.3 is 17.9 Å². The van der Waals surface area contributed by atoms with Crippen molar-refractivity contribution in [3.63, 3.8) is 0 Å². The van der Waals surface area contributed by atoms with E-state index in [-0.39, 0.29) is 31.1 Å². The maximum absolute atomic E-state index is 12.7. The molecule has 0 fully saturated rings. The molecule has 0 unspecified atom stereocenters. The van der Waals surface area contributed by atoms with E-state index in [9.17, 15) is 14.4 Å². The minimum absolute atomic E-state index is 0.0658. The summed E-state index contributed by atoms with van der Waals surface area (Å²) in [4.78, 5) is 37.7. The van der Waals surface area contributed by atoms with Crippen molar-refractivity contribution in [3.8, 4) is 0 Å². The van der Waals surface area contributed by atoms with Gasteiger partial charge in [-0.1, -0.05) is 208 Å². The van der Waals surface area contributed by atoms with Crippen molar-refractivity contribution in [1.29, 1.82) is 0 Å². The maximum Gasteiger partial charge on any atom is 0.306 e. The average Bonchev–Trinajstić information content (AvgIpc) is 3.11. The summed E-state index contributed by atoms with van der Waals surface area (Å²) in [6.07, 6.45) is 36.7. The lowest BCUT2D eigenvalue weighted by Crippen LogP contribution is -2.30. The molecule has 0 radical (unpaired) electrons. The number of rotatable bonds is 40. The first-order valence-electron chi connectivity index (χ1n) is 22.7. The van der Waals surface area contributed by atoms with E-state index in [1.807, 2.05) is 0 Å². The Morgan fingerprint density at radius 1 is 0.365 bits per heavy atom. The van der Waals surface area contributed by atoms with Gasteiger partial charge in [-0.2, -0.15) is 0 Å². The molecule has 0 aromatic rings. The normalized spacial score (nSPS) is 12.1. The summed E-state index contributed by atoms with van der Waals surface area (Å²) in [5.74, 6) is 0.717. The SMILES string of the molecule is CCCCCCCCCCCCCCCC(=O)O[C@H](COC(=O)CCCCCCCCCCC(C)C)COC(=O)CCCCCCCCCC(C)C. The van der Waals surface area contributed by atoms with E-state index in [1.54, 1.807) is 0 Å². The Hall–Kier alpha value is -1.59. The Labute approximate surface area is 323 Å². The second kappa shape index (κ2) is 39.1. The summed E-state index contributed by atoms with van der Waals surface area (Å²) >= 11 is 0. The Morgan fingerprint density at radius 2 is 0.635 bits per heavy atom. The van der Waals surface area contributed by atoms with Gasteiger partial charge in [0.05, 0.1) is 0 Å². The third-order valence-corrected chi connectivity index (χ3v) is 10.2. The Morgan fingerprint density at radius 3 is 0.942 bits per heavy atom. The predicted molar refractivity (Wildman–Crippen MR) is 220 cm³/mol. The molecule has 0 aliphatic rings. The van der Waals surface area contributed by atoms with Crippen LogP contribution in [0.15, 0.2) is 0 Å². The highest BCUT2D eigenvalue weighted by atomic mass is 16.6. The van der Waals surface area contributed by atoms with Crippen LogP contribution in [0, 0.1) is 11.8 Å². The van der Waals surface area contributed by atoms with Crippen LogP contribution in [-0.2, 0) is 28.6 Å². The van der Waals surface area contributed by atoms with Crippen molar-refractivity contribution in [1.82, 2.24) is 0 Å². The molecule has 0 saturated heterocycles. The fourth-order valence-electron chi connectivity index (χ4n) is 6.75. The highest BCUT2D eigenvalue weighted by Gasteiger charge is 2.19. The van der Waals surface area contributed by atoms with E-state index in [0.717, 1.165) is 69.6 Å². The minimum atomic E-state index is -0.760. The van der Waals surface area contributed by atoms with Gasteiger partial charge in [0.1, 0.15) is 13.2 Å². The van der Waals surface area contributed by atoms with E-state index in [2.05, 4.69) is 34.6 Å². The second-order valence-electron chi connectivity index (χ2n) is 16.6. The molecule has 0 aromatic carbocycles. The third kappa shape index (κ3) is 39.6. The van der Waals surface area contributed by atoms with Crippen molar-refractivity contribution in [2.45, 2.75) is 253 Å². The number of ether oxygens (including phenoxy) is 3. The Bertz CT molecular complexity index is 794. The fourth-order valence-corrected chi connectivity index (χ4v) is 6.75. The van der Waals surface area contributed by atoms with Gasteiger partial charge in [-0.25, -0.2) is 0 Å². The van der Waals surface area contributed by atoms with Gasteiger partial charge in [-0.15, -0.1) is 0 Å². The summed E-state index contributed by atoms with van der Waals surface area (Å²) in [6, 6.07) is 0. The molecule has 0 saturated carbocycles. The standard InChI is InChI=1S/C46H88O6/c1-6-7-8-9-10-11-12-13-14-15-22-28-33-38-46(49)52-43(40-51-45(48)37-32-27-23-18-20-25-30-35-42(4)5)39-50-44(47)36-31-26-21-17-16-19-24-29-34-41(2)3/h41-43H,6-40H2,1-5H3/t43-/m1/s1. The number of carbonyl (C=O) groups excluding carboxylic acids is 3. The molecule has 0 aliphatic heterocycles. The van der Waals surface area contributed by atoms with Gasteiger partial charge in [-0.05, 0) is 31.1 Å². The molecule has 0 spiro atoms. The van der Waals surface area contributed by atoms with Crippen molar-refractivity contribution in [2.75, 3.05) is 13.2 Å². The molecule has 0 amide bonds. The van der Waals surface area contributed by atoms with Crippen LogP contribution in [0.5, 0.6) is 0 Å². The Balaban J connectivity index is 4.34. The number of carbonyl (C=O) groups is 3. The van der Waals surface area contributed by atoms with Gasteiger partial charge < -0.3 is 14.2 Å². The number of hydrogen-bond acceptors (Lipinski definition) is 6. The molecule has 6 nitrogen and oxygen atoms in total. The van der Waals surface area contributed by atoms with Crippen molar-refractivity contribution < 1.29 is 28.6 Å². The summed E-state index contributed by atoms with van der Waals surface area (Å²) in [5, 5.41) is 0. The van der Waals surface area contributed by atoms with Crippen LogP contribution < -0.4 is 0 Å². The van der Waals surface area contributed by atoms with E-state index in [0.29, 0.717) is 19.3 Å². The third-order valence-electron chi connectivity index (χ3n) is 10.2. The second-order valence-corrected chi connectivity index (χ2v) is 16.6. The van der Waals surface area contributed by atoms with E-state index in [1.165, 1.54) is 135 Å². The van der Waals surface area contributed by atoms with Crippen LogP contribution in [0.2, 0.25) is 0 Å². The monoisotopic (exact) mass is 737 g/mol. The van der Waals surface area contributed by atoms with Crippen molar-refractivity contribution >= 4 is 17.9 Å². The molecule has 0 aliphatic carbocycles. The highest BCUT2D eigenvalue weighted by Crippen LogP contribution is 2.16. The van der Waals surface area contributed by atoms with Crippen molar-refractivity contribution in [3.05, 3.63) is 0 Å². The highest BCUT2D eigenvalue weighted by molar-refractivity contribution is 5.71. The summed E-state index contributed by atoms with van der Waals surface area (Å²) < 4.78 is 16.7. The lowest BCUT2D eigenvalue weighted by molar-refractivity contribution is -0.167. The van der Waals surface area contributed by atoms with Crippen LogP contribution in [0.1, 0.15) is 247 Å². The number of unbranched alkanes of at least 4 members (excludes halogenated alkanes) is 25. The van der Waals surface area contributed by atoms with Gasteiger partial charge in [-0.3, -0.25) is 14.4 Å². The summed E-state index contributed by atoms with van der Waals surface area (Å²) in [6.45, 7) is 11.3. The fraction of sp³-hybridized carbons (Fsp3) is 0.935. The zero-order valence-corrected chi connectivity index (χ0v) is 35.4. The smallest absolute Gasteiger partial charge is 0.306 e. The first-order valence-corrected chi connectivity index (χ1v) is 22.7. The molecular weight excluding hydrogens is 648 g/mol. The first kappa shape index (κ1) is 50.4. The summed E-state index contributed by atoms with van der Waals surface area (Å²) in [7, 11) is 0. The summed E-state index contributed by atoms with van der Waals surface area (Å²) in [5.41, 5.74) is 0. The maximum atomic E-state index is 12.7. The van der Waals surface area contributed by atoms with Gasteiger partial charge in [0.25, 0.3) is 0 Å². The van der Waals surface area contributed by atoms with Gasteiger partial charge in [0.2, 0.25) is 0 Å². The molecule has 0 aromatic heterocycles. The van der Waals surface area contributed by atoms with Crippen LogP contribution >= 0.6 is 0 Å². The average molecular weight is 737 g/mol. The molecule has 6 heteroatoms. The lowest BCUT2D eigenvalue weighted by atomic mass is 10.0. The predicted octanol–water partition coefficient (Wildman–Crippen LogP) is 14.2. The number of hydrogen-bond donors (Lipinski definition) is 0. The molecule has 0 heterocycles. The number of esters is 3. The Kier molecular flexibility index (Phi) is 37.9. The molecule has 0 N–H and O–H groups in total. The molecule has 1 atom stereocenters. The molecule has 0 bridgehead atoms. The largest absolute Gasteiger partial charge is 0.462 e.